The lowest BCUT2D eigenvalue weighted by Crippen LogP contribution is -2.14. The van der Waals surface area contributed by atoms with E-state index >= 15 is 0 Å². The summed E-state index contributed by atoms with van der Waals surface area (Å²) in [5.41, 5.74) is 3.88. The third kappa shape index (κ3) is 3.64. The van der Waals surface area contributed by atoms with Gasteiger partial charge in [-0.25, -0.2) is 4.98 Å². The van der Waals surface area contributed by atoms with Crippen molar-refractivity contribution < 1.29 is 9.32 Å². The topological polar surface area (TPSA) is 73.0 Å². The monoisotopic (exact) mass is 432 g/mol. The van der Waals surface area contributed by atoms with Gasteiger partial charge in [-0.2, -0.15) is 0 Å². The molecule has 3 heterocycles. The first-order valence-corrected chi connectivity index (χ1v) is 10.7. The standard InChI is InChI=1S/C24H21ClN4O2/c1-15-22(23(28-31-15)16-8-2-4-10-18(16)25)24(30)27-19-11-5-3-9-17(19)20-14-29-13-7-6-12-21(29)26-20/h2-5,8-11,14H,6-7,12-13H2,1H3,(H,27,30). The second-order valence-electron chi connectivity index (χ2n) is 7.63. The highest BCUT2D eigenvalue weighted by molar-refractivity contribution is 6.33. The average Bonchev–Trinajstić information content (AvgIpc) is 3.38. The Balaban J connectivity index is 1.50. The number of fused-ring (bicyclic) bond motifs is 1. The fourth-order valence-electron chi connectivity index (χ4n) is 4.02. The van der Waals surface area contributed by atoms with Crippen LogP contribution in [0, 0.1) is 6.92 Å². The van der Waals surface area contributed by atoms with Crippen LogP contribution in [0.3, 0.4) is 0 Å². The molecular weight excluding hydrogens is 412 g/mol. The van der Waals surface area contributed by atoms with Gasteiger partial charge in [0.1, 0.15) is 22.8 Å². The van der Waals surface area contributed by atoms with Gasteiger partial charge in [0.25, 0.3) is 5.91 Å². The van der Waals surface area contributed by atoms with Crippen molar-refractivity contribution in [3.63, 3.8) is 0 Å². The van der Waals surface area contributed by atoms with Crippen LogP contribution in [0.2, 0.25) is 5.02 Å². The molecule has 1 amide bonds. The zero-order valence-corrected chi connectivity index (χ0v) is 17.8. The van der Waals surface area contributed by atoms with E-state index in [1.165, 1.54) is 6.42 Å². The number of nitrogens with one attached hydrogen (secondary N) is 1. The van der Waals surface area contributed by atoms with Crippen molar-refractivity contribution in [1.29, 1.82) is 0 Å². The molecule has 1 N–H and O–H groups in total. The summed E-state index contributed by atoms with van der Waals surface area (Å²) < 4.78 is 7.55. The summed E-state index contributed by atoms with van der Waals surface area (Å²) in [4.78, 5) is 18.1. The molecule has 156 valence electrons. The van der Waals surface area contributed by atoms with Gasteiger partial charge in [-0.15, -0.1) is 0 Å². The van der Waals surface area contributed by atoms with Gasteiger partial charge in [-0.3, -0.25) is 4.79 Å². The molecule has 0 radical (unpaired) electrons. The number of carbonyl (C=O) groups excluding carboxylic acids is 1. The highest BCUT2D eigenvalue weighted by atomic mass is 35.5. The van der Waals surface area contributed by atoms with Gasteiger partial charge in [0.2, 0.25) is 0 Å². The zero-order valence-electron chi connectivity index (χ0n) is 17.1. The number of aryl methyl sites for hydroxylation is 3. The molecule has 1 aliphatic heterocycles. The Morgan fingerprint density at radius 1 is 1.10 bits per heavy atom. The number of imidazole rings is 1. The van der Waals surface area contributed by atoms with Gasteiger partial charge >= 0.3 is 0 Å². The molecule has 2 aromatic carbocycles. The Labute approximate surface area is 184 Å². The molecule has 0 spiro atoms. The predicted molar refractivity (Wildman–Crippen MR) is 120 cm³/mol. The number of hydrogen-bond donors (Lipinski definition) is 1. The van der Waals surface area contributed by atoms with Gasteiger partial charge in [-0.05, 0) is 31.9 Å². The molecule has 31 heavy (non-hydrogen) atoms. The van der Waals surface area contributed by atoms with Crippen molar-refractivity contribution in [2.75, 3.05) is 5.32 Å². The highest BCUT2D eigenvalue weighted by Gasteiger charge is 2.24. The minimum Gasteiger partial charge on any atom is -0.360 e. The lowest BCUT2D eigenvalue weighted by Gasteiger charge is -2.11. The number of amides is 1. The van der Waals surface area contributed by atoms with Gasteiger partial charge in [0.05, 0.1) is 16.4 Å². The number of hydrogen-bond acceptors (Lipinski definition) is 4. The molecule has 5 rings (SSSR count). The molecule has 0 saturated carbocycles. The Kier molecular flexibility index (Phi) is 5.08. The van der Waals surface area contributed by atoms with Crippen molar-refractivity contribution in [3.8, 4) is 22.5 Å². The lowest BCUT2D eigenvalue weighted by atomic mass is 10.0. The first-order valence-electron chi connectivity index (χ1n) is 10.3. The molecule has 1 aliphatic rings. The third-order valence-corrected chi connectivity index (χ3v) is 5.91. The van der Waals surface area contributed by atoms with Gasteiger partial charge in [0.15, 0.2) is 0 Å². The fourth-order valence-corrected chi connectivity index (χ4v) is 4.24. The van der Waals surface area contributed by atoms with E-state index in [-0.39, 0.29) is 5.91 Å². The Morgan fingerprint density at radius 2 is 1.87 bits per heavy atom. The number of rotatable bonds is 4. The summed E-state index contributed by atoms with van der Waals surface area (Å²) in [7, 11) is 0. The first kappa shape index (κ1) is 19.6. The molecule has 0 fully saturated rings. The molecular formula is C24H21ClN4O2. The fraction of sp³-hybridized carbons (Fsp3) is 0.208. The van der Waals surface area contributed by atoms with Crippen LogP contribution in [0.1, 0.15) is 34.8 Å². The van der Waals surface area contributed by atoms with Crippen molar-refractivity contribution in [2.24, 2.45) is 0 Å². The summed E-state index contributed by atoms with van der Waals surface area (Å²) >= 11 is 6.34. The van der Waals surface area contributed by atoms with E-state index in [2.05, 4.69) is 21.2 Å². The normalized spacial score (nSPS) is 13.1. The molecule has 4 aromatic rings. The molecule has 2 aromatic heterocycles. The van der Waals surface area contributed by atoms with Crippen molar-refractivity contribution in [1.82, 2.24) is 14.7 Å². The zero-order chi connectivity index (χ0) is 21.4. The maximum Gasteiger partial charge on any atom is 0.261 e. The van der Waals surface area contributed by atoms with E-state index in [0.29, 0.717) is 33.3 Å². The van der Waals surface area contributed by atoms with Crippen LogP contribution in [0.25, 0.3) is 22.5 Å². The number of benzene rings is 2. The summed E-state index contributed by atoms with van der Waals surface area (Å²) in [6.45, 7) is 2.70. The molecule has 7 heteroatoms. The predicted octanol–water partition coefficient (Wildman–Crippen LogP) is 5.76. The number of halogens is 1. The van der Waals surface area contributed by atoms with E-state index in [1.54, 1.807) is 13.0 Å². The quantitative estimate of drug-likeness (QED) is 0.445. The lowest BCUT2D eigenvalue weighted by molar-refractivity contribution is 0.102. The van der Waals surface area contributed by atoms with Crippen LogP contribution in [-0.2, 0) is 13.0 Å². The number of anilines is 1. The molecule has 0 saturated heterocycles. The first-order chi connectivity index (χ1) is 15.1. The maximum atomic E-state index is 13.3. The van der Waals surface area contributed by atoms with Crippen LogP contribution in [0.5, 0.6) is 0 Å². The molecule has 0 aliphatic carbocycles. The highest BCUT2D eigenvalue weighted by Crippen LogP contribution is 2.33. The van der Waals surface area contributed by atoms with Crippen LogP contribution in [0.15, 0.2) is 59.3 Å². The molecule has 0 bridgehead atoms. The summed E-state index contributed by atoms with van der Waals surface area (Å²) in [5, 5.41) is 7.64. The third-order valence-electron chi connectivity index (χ3n) is 5.58. The number of carbonyl (C=O) groups is 1. The van der Waals surface area contributed by atoms with E-state index in [0.717, 1.165) is 36.5 Å². The summed E-state index contributed by atoms with van der Waals surface area (Å²) in [6, 6.07) is 15.0. The Hall–Kier alpha value is -3.38. The van der Waals surface area contributed by atoms with E-state index < -0.39 is 0 Å². The van der Waals surface area contributed by atoms with E-state index in [4.69, 9.17) is 21.1 Å². The van der Waals surface area contributed by atoms with E-state index in [1.807, 2.05) is 42.5 Å². The summed E-state index contributed by atoms with van der Waals surface area (Å²) in [6.07, 6.45) is 5.38. The van der Waals surface area contributed by atoms with Crippen molar-refractivity contribution in [3.05, 3.63) is 76.9 Å². The second-order valence-corrected chi connectivity index (χ2v) is 8.04. The summed E-state index contributed by atoms with van der Waals surface area (Å²) in [5.74, 6) is 1.23. The SMILES string of the molecule is Cc1onc(-c2ccccc2Cl)c1C(=O)Nc1ccccc1-c1cn2c(n1)CCCC2. The van der Waals surface area contributed by atoms with Gasteiger partial charge in [-0.1, -0.05) is 53.2 Å². The van der Waals surface area contributed by atoms with Crippen LogP contribution in [0.4, 0.5) is 5.69 Å². The van der Waals surface area contributed by atoms with E-state index in [9.17, 15) is 4.79 Å². The smallest absolute Gasteiger partial charge is 0.261 e. The average molecular weight is 433 g/mol. The molecule has 0 atom stereocenters. The van der Waals surface area contributed by atoms with Crippen LogP contribution in [-0.4, -0.2) is 20.6 Å². The van der Waals surface area contributed by atoms with Crippen LogP contribution < -0.4 is 5.32 Å². The number of aromatic nitrogens is 3. The Morgan fingerprint density at radius 3 is 2.68 bits per heavy atom. The number of nitrogens with zero attached hydrogens (tertiary/aromatic N) is 3. The maximum absolute atomic E-state index is 13.3. The van der Waals surface area contributed by atoms with Gasteiger partial charge in [0, 0.05) is 30.3 Å². The Bertz CT molecular complexity index is 1250. The van der Waals surface area contributed by atoms with Gasteiger partial charge < -0.3 is 14.4 Å². The van der Waals surface area contributed by atoms with Crippen molar-refractivity contribution in [2.45, 2.75) is 32.7 Å². The minimum absolute atomic E-state index is 0.301. The molecule has 0 unspecified atom stereocenters. The largest absolute Gasteiger partial charge is 0.360 e. The minimum atomic E-state index is -0.301. The van der Waals surface area contributed by atoms with Crippen LogP contribution >= 0.6 is 11.6 Å². The second kappa shape index (κ2) is 8.04. The van der Waals surface area contributed by atoms with Crippen molar-refractivity contribution >= 4 is 23.2 Å². The molecule has 6 nitrogen and oxygen atoms in total. The number of para-hydroxylation sites is 1.